The topological polar surface area (TPSA) is 500 Å². The van der Waals surface area contributed by atoms with Crippen LogP contribution in [0.2, 0.25) is 0 Å². The van der Waals surface area contributed by atoms with Crippen LogP contribution in [-0.2, 0) is 32.9 Å². The first-order chi connectivity index (χ1) is 5.20. The third kappa shape index (κ3) is 5560. The zero-order chi connectivity index (χ0) is 10.7. The molecule has 0 aromatic rings. The normalized spacial score (nSPS) is 4.91. The van der Waals surface area contributed by atoms with Gasteiger partial charge in [0.1, 0.15) is 0 Å². The average molecular weight is 579 g/mol. The van der Waals surface area contributed by atoms with Crippen molar-refractivity contribution in [2.24, 2.45) is 0 Å². The van der Waals surface area contributed by atoms with Crippen LogP contribution in [0.3, 0.4) is 0 Å². The van der Waals surface area contributed by atoms with E-state index in [1.165, 1.54) is 0 Å². The van der Waals surface area contributed by atoms with E-state index in [1.807, 2.05) is 0 Å². The molecule has 0 heterocycles. The molecule has 0 rings (SSSR count). The van der Waals surface area contributed by atoms with Crippen molar-refractivity contribution in [3.05, 3.63) is 0 Å². The molecule has 0 bridgehead atoms. The molecule has 0 spiro atoms. The second-order valence-corrected chi connectivity index (χ2v) is 2.95. The fourth-order valence-corrected chi connectivity index (χ4v) is 0. The van der Waals surface area contributed by atoms with E-state index in [-0.39, 0.29) is 66.6 Å². The number of hydrogen-bond donors (Lipinski definition) is 0. The predicted molar refractivity (Wildman–Crippen MR) is 45.8 cm³/mol. The minimum Gasteiger partial charge on any atom is -0.457 e. The molecule has 0 radical (unpaired) electrons. The summed E-state index contributed by atoms with van der Waals surface area (Å²) in [4.78, 5) is 0. The SMILES string of the molecule is O.O.O.[Al+3].[O-][Br+2]([O-])[O-].[O-][Br+2]([O-])[O-].[O-][Br+2]([O-])[O-].[OH3+].[OH3+].[OH3+].[OH3+].[OH3+].[OH3+]. The van der Waals surface area contributed by atoms with Crippen LogP contribution in [-0.4, -0.2) is 33.8 Å². The van der Waals surface area contributed by atoms with Gasteiger partial charge in [-0.05, 0) is 0 Å². The summed E-state index contributed by atoms with van der Waals surface area (Å²) in [5, 5.41) is 0. The van der Waals surface area contributed by atoms with Crippen LogP contribution >= 0.6 is 0 Å². The Bertz CT molecular complexity index is 46.8. The molecule has 0 saturated carbocycles. The maximum atomic E-state index is 8.52. The van der Waals surface area contributed by atoms with Crippen molar-refractivity contribution in [1.29, 1.82) is 0 Å². The maximum Gasteiger partial charge on any atom is 3.00 e. The van der Waals surface area contributed by atoms with E-state index in [0.717, 1.165) is 0 Å². The zero-order valence-corrected chi connectivity index (χ0v) is 16.3. The third-order valence-electron chi connectivity index (χ3n) is 0. The Labute approximate surface area is 148 Å². The van der Waals surface area contributed by atoms with Crippen molar-refractivity contribution >= 4 is 17.4 Å². The summed E-state index contributed by atoms with van der Waals surface area (Å²) in [6, 6.07) is 0. The predicted octanol–water partition coefficient (Wildman–Crippen LogP) is -19.1. The summed E-state index contributed by atoms with van der Waals surface area (Å²) in [6.07, 6.45) is 0. The molecule has 0 aliphatic rings. The van der Waals surface area contributed by atoms with Gasteiger partial charge in [-0.25, -0.2) is 0 Å². The summed E-state index contributed by atoms with van der Waals surface area (Å²) < 4.78 is 76.7. The number of rotatable bonds is 0. The number of hydrogen-bond acceptors (Lipinski definition) is 9. The van der Waals surface area contributed by atoms with Gasteiger partial charge in [0.25, 0.3) is 0 Å². The van der Waals surface area contributed by atoms with Gasteiger partial charge >= 0.3 is 17.4 Å². The largest absolute Gasteiger partial charge is 3.00 e. The smallest absolute Gasteiger partial charge is 0.457 e. The van der Waals surface area contributed by atoms with Crippen molar-refractivity contribution in [2.75, 3.05) is 0 Å². The standard InChI is InChI=1S/Al.3BrO3.9H2O/c;3*2-1(3)4;;;;;;;;;/h;;;;9*1H2/q+3;3*-1;;;;;;;;;/p+6. The van der Waals surface area contributed by atoms with Crippen molar-refractivity contribution in [2.45, 2.75) is 0 Å². The van der Waals surface area contributed by atoms with Gasteiger partial charge in [-0.1, -0.05) is 0 Å². The molecule has 18 nitrogen and oxygen atoms in total. The van der Waals surface area contributed by atoms with E-state index < -0.39 is 44.4 Å². The summed E-state index contributed by atoms with van der Waals surface area (Å²) in [5.41, 5.74) is 0. The fourth-order valence-electron chi connectivity index (χ4n) is 0. The van der Waals surface area contributed by atoms with E-state index in [1.54, 1.807) is 0 Å². The molecule has 150 valence electrons. The van der Waals surface area contributed by atoms with E-state index in [4.69, 9.17) is 37.8 Å². The average Bonchev–Trinajstić information content (AvgIpc) is 1.54. The Morgan fingerprint density at radius 1 is 0.318 bits per heavy atom. The first kappa shape index (κ1) is 110. The van der Waals surface area contributed by atoms with Crippen LogP contribution in [0.4, 0.5) is 0 Å². The van der Waals surface area contributed by atoms with Gasteiger partial charge in [-0.2, -0.15) is 0 Å². The van der Waals surface area contributed by atoms with E-state index in [0.29, 0.717) is 0 Å². The molecule has 22 heavy (non-hydrogen) atoms. The molecule has 0 aliphatic heterocycles. The minimum absolute atomic E-state index is 0. The van der Waals surface area contributed by atoms with Crippen LogP contribution in [0.1, 0.15) is 0 Å². The summed E-state index contributed by atoms with van der Waals surface area (Å²) >= 11 is -10.9. The van der Waals surface area contributed by atoms with Crippen molar-refractivity contribution in [3.63, 3.8) is 0 Å². The molecule has 0 unspecified atom stereocenters. The van der Waals surface area contributed by atoms with Gasteiger partial charge in [-0.15, -0.1) is 0 Å². The van der Waals surface area contributed by atoms with E-state index in [2.05, 4.69) is 0 Å². The van der Waals surface area contributed by atoms with Crippen molar-refractivity contribution in [1.82, 2.24) is 0 Å². The molecule has 0 aromatic heterocycles. The van der Waals surface area contributed by atoms with Crippen LogP contribution in [0, 0.1) is 44.4 Å². The Morgan fingerprint density at radius 2 is 0.318 bits per heavy atom. The van der Waals surface area contributed by atoms with Crippen molar-refractivity contribution in [3.8, 4) is 0 Å². The fraction of sp³-hybridized carbons (Fsp3) is 0. The summed E-state index contributed by atoms with van der Waals surface area (Å²) in [6.45, 7) is 0. The Morgan fingerprint density at radius 3 is 0.318 bits per heavy atom. The van der Waals surface area contributed by atoms with E-state index >= 15 is 0 Å². The molecular formula is H24AlBr3O18+6. The quantitative estimate of drug-likeness (QED) is 0.194. The van der Waals surface area contributed by atoms with Gasteiger partial charge in [0, 0.05) is 0 Å². The molecular weight excluding hydrogens is 555 g/mol. The molecule has 0 aromatic carbocycles. The third-order valence-corrected chi connectivity index (χ3v) is 0. The zero-order valence-electron chi connectivity index (χ0n) is 10.3. The second-order valence-electron chi connectivity index (χ2n) is 0.567. The maximum absolute atomic E-state index is 8.52. The molecule has 22 heteroatoms. The molecule has 24 N–H and O–H groups in total. The van der Waals surface area contributed by atoms with Crippen LogP contribution < -0.4 is 37.8 Å². The molecule has 0 aliphatic carbocycles. The Kier molecular flexibility index (Phi) is 476. The van der Waals surface area contributed by atoms with Gasteiger partial charge in [0.2, 0.25) is 44.4 Å². The molecule has 0 fully saturated rings. The van der Waals surface area contributed by atoms with Crippen molar-refractivity contribution < 1.29 is 132 Å². The Hall–Kier alpha value is 1.25. The van der Waals surface area contributed by atoms with Crippen LogP contribution in [0.15, 0.2) is 0 Å². The second kappa shape index (κ2) is 95.6. The molecule has 0 saturated heterocycles. The summed E-state index contributed by atoms with van der Waals surface area (Å²) in [5.74, 6) is 0. The van der Waals surface area contributed by atoms with Crippen LogP contribution in [0.5, 0.6) is 0 Å². The molecule has 0 amide bonds. The van der Waals surface area contributed by atoms with Gasteiger partial charge in [-0.3, -0.25) is 0 Å². The minimum atomic E-state index is -3.65. The first-order valence-corrected chi connectivity index (χ1v) is 7.22. The number of halogens is 3. The van der Waals surface area contributed by atoms with Gasteiger partial charge in [0.05, 0.1) is 0 Å². The van der Waals surface area contributed by atoms with Gasteiger partial charge in [0.15, 0.2) is 0 Å². The summed E-state index contributed by atoms with van der Waals surface area (Å²) in [7, 11) is 0. The monoisotopic (exact) mass is 576 g/mol. The first-order valence-electron chi connectivity index (χ1n) is 1.39. The van der Waals surface area contributed by atoms with Gasteiger partial charge < -0.3 is 87.1 Å². The Balaban J connectivity index is -0.00000000409. The van der Waals surface area contributed by atoms with E-state index in [9.17, 15) is 0 Å². The molecule has 0 atom stereocenters. The van der Waals surface area contributed by atoms with Crippen LogP contribution in [0.25, 0.3) is 0 Å².